The highest BCUT2D eigenvalue weighted by molar-refractivity contribution is 6.00. The molecular formula is C17H18FN3O2. The van der Waals surface area contributed by atoms with Crippen LogP contribution in [0.3, 0.4) is 0 Å². The Labute approximate surface area is 132 Å². The minimum atomic E-state index is -0.617. The van der Waals surface area contributed by atoms with Crippen molar-refractivity contribution in [3.8, 4) is 0 Å². The lowest BCUT2D eigenvalue weighted by molar-refractivity contribution is 0.0999. The summed E-state index contributed by atoms with van der Waals surface area (Å²) in [5.41, 5.74) is 7.95. The summed E-state index contributed by atoms with van der Waals surface area (Å²) in [6.45, 7) is 1.78. The molecule has 1 aliphatic rings. The van der Waals surface area contributed by atoms with Gasteiger partial charge in [0.25, 0.3) is 11.5 Å². The topological polar surface area (TPSA) is 77.1 Å². The number of halogens is 1. The van der Waals surface area contributed by atoms with Crippen LogP contribution in [0.25, 0.3) is 0 Å². The summed E-state index contributed by atoms with van der Waals surface area (Å²) in [6.07, 6.45) is 2.09. The Bertz CT molecular complexity index is 871. The number of primary amides is 1. The fraction of sp³-hybridized carbons (Fsp3) is 0.294. The Kier molecular flexibility index (Phi) is 3.67. The van der Waals surface area contributed by atoms with Crippen LogP contribution in [0.4, 0.5) is 15.9 Å². The SMILES string of the molecule is Cc1ccc(Nc2c(C(N)=O)c3c(c(=O)n2C)CCC3)c(F)c1. The van der Waals surface area contributed by atoms with Crippen molar-refractivity contribution in [2.75, 3.05) is 5.32 Å². The number of benzene rings is 1. The molecule has 0 saturated heterocycles. The first-order valence-electron chi connectivity index (χ1n) is 7.48. The van der Waals surface area contributed by atoms with E-state index in [1.54, 1.807) is 26.1 Å². The molecule has 0 aliphatic heterocycles. The second-order valence-corrected chi connectivity index (χ2v) is 5.87. The predicted molar refractivity (Wildman–Crippen MR) is 86.6 cm³/mol. The van der Waals surface area contributed by atoms with E-state index in [1.165, 1.54) is 10.6 Å². The molecule has 120 valence electrons. The average molecular weight is 315 g/mol. The van der Waals surface area contributed by atoms with E-state index >= 15 is 0 Å². The molecule has 1 amide bonds. The van der Waals surface area contributed by atoms with E-state index in [-0.39, 0.29) is 22.6 Å². The Morgan fingerprint density at radius 1 is 1.30 bits per heavy atom. The number of carbonyl (C=O) groups excluding carboxylic acids is 1. The summed E-state index contributed by atoms with van der Waals surface area (Å²) in [5.74, 6) is -0.826. The van der Waals surface area contributed by atoms with Gasteiger partial charge in [0, 0.05) is 12.6 Å². The predicted octanol–water partition coefficient (Wildman–Crippen LogP) is 2.16. The Hall–Kier alpha value is -2.63. The van der Waals surface area contributed by atoms with Crippen molar-refractivity contribution < 1.29 is 9.18 Å². The molecule has 5 nitrogen and oxygen atoms in total. The second-order valence-electron chi connectivity index (χ2n) is 5.87. The zero-order valence-corrected chi connectivity index (χ0v) is 13.1. The highest BCUT2D eigenvalue weighted by Crippen LogP contribution is 2.30. The molecule has 1 aromatic carbocycles. The first-order valence-corrected chi connectivity index (χ1v) is 7.48. The van der Waals surface area contributed by atoms with Gasteiger partial charge < -0.3 is 11.1 Å². The number of amides is 1. The van der Waals surface area contributed by atoms with Crippen LogP contribution >= 0.6 is 0 Å². The van der Waals surface area contributed by atoms with E-state index in [1.807, 2.05) is 0 Å². The van der Waals surface area contributed by atoms with Crippen molar-refractivity contribution in [2.45, 2.75) is 26.2 Å². The third-order valence-corrected chi connectivity index (χ3v) is 4.28. The van der Waals surface area contributed by atoms with E-state index < -0.39 is 11.7 Å². The molecule has 0 bridgehead atoms. The number of hydrogen-bond donors (Lipinski definition) is 2. The van der Waals surface area contributed by atoms with Gasteiger partial charge in [-0.15, -0.1) is 0 Å². The lowest BCUT2D eigenvalue weighted by atomic mass is 10.0. The number of aromatic nitrogens is 1. The standard InChI is InChI=1S/C17H18FN3O2/c1-9-6-7-13(12(18)8-9)20-16-14(15(19)22)10-4-3-5-11(10)17(23)21(16)2/h6-8,20H,3-5H2,1-2H3,(H2,19,22). The number of aryl methyl sites for hydroxylation is 1. The summed E-state index contributed by atoms with van der Waals surface area (Å²) in [6, 6.07) is 4.71. The lowest BCUT2D eigenvalue weighted by Gasteiger charge is -2.18. The van der Waals surface area contributed by atoms with Crippen molar-refractivity contribution in [1.82, 2.24) is 4.57 Å². The number of hydrogen-bond acceptors (Lipinski definition) is 3. The van der Waals surface area contributed by atoms with Crippen molar-refractivity contribution in [1.29, 1.82) is 0 Å². The van der Waals surface area contributed by atoms with Crippen LogP contribution in [0.2, 0.25) is 0 Å². The fourth-order valence-corrected chi connectivity index (χ4v) is 3.13. The number of fused-ring (bicyclic) bond motifs is 1. The second kappa shape index (κ2) is 5.53. The van der Waals surface area contributed by atoms with Crippen molar-refractivity contribution in [3.05, 3.63) is 56.6 Å². The maximum atomic E-state index is 14.1. The zero-order chi connectivity index (χ0) is 16.7. The zero-order valence-electron chi connectivity index (χ0n) is 13.1. The molecule has 0 atom stereocenters. The minimum Gasteiger partial charge on any atom is -0.365 e. The van der Waals surface area contributed by atoms with E-state index in [0.717, 1.165) is 12.0 Å². The molecule has 3 N–H and O–H groups in total. The van der Waals surface area contributed by atoms with Gasteiger partial charge in [-0.25, -0.2) is 4.39 Å². The minimum absolute atomic E-state index is 0.169. The third-order valence-electron chi connectivity index (χ3n) is 4.28. The molecule has 0 spiro atoms. The van der Waals surface area contributed by atoms with Gasteiger partial charge in [0.15, 0.2) is 0 Å². The Morgan fingerprint density at radius 3 is 2.65 bits per heavy atom. The Balaban J connectivity index is 2.21. The number of rotatable bonds is 3. The van der Waals surface area contributed by atoms with E-state index in [0.29, 0.717) is 24.0 Å². The molecule has 0 saturated carbocycles. The fourth-order valence-electron chi connectivity index (χ4n) is 3.13. The molecule has 2 aromatic rings. The van der Waals surface area contributed by atoms with E-state index in [2.05, 4.69) is 5.32 Å². The van der Waals surface area contributed by atoms with Gasteiger partial charge in [-0.2, -0.15) is 0 Å². The van der Waals surface area contributed by atoms with Crippen LogP contribution in [0.1, 0.15) is 33.5 Å². The van der Waals surface area contributed by atoms with Crippen molar-refractivity contribution >= 4 is 17.4 Å². The molecule has 1 aromatic heterocycles. The molecule has 0 fully saturated rings. The number of carbonyl (C=O) groups is 1. The smallest absolute Gasteiger partial charge is 0.255 e. The summed E-state index contributed by atoms with van der Waals surface area (Å²) in [5, 5.41) is 2.88. The van der Waals surface area contributed by atoms with Gasteiger partial charge in [-0.05, 0) is 49.4 Å². The lowest BCUT2D eigenvalue weighted by Crippen LogP contribution is -2.29. The number of anilines is 2. The van der Waals surface area contributed by atoms with Crippen LogP contribution in [0.15, 0.2) is 23.0 Å². The normalized spacial score (nSPS) is 13.0. The van der Waals surface area contributed by atoms with E-state index in [4.69, 9.17) is 5.73 Å². The van der Waals surface area contributed by atoms with Crippen LogP contribution < -0.4 is 16.6 Å². The van der Waals surface area contributed by atoms with Gasteiger partial charge in [-0.1, -0.05) is 6.07 Å². The summed E-state index contributed by atoms with van der Waals surface area (Å²) in [4.78, 5) is 24.4. The number of nitrogens with one attached hydrogen (secondary N) is 1. The summed E-state index contributed by atoms with van der Waals surface area (Å²) >= 11 is 0. The van der Waals surface area contributed by atoms with Gasteiger partial charge in [0.05, 0.1) is 11.3 Å². The molecule has 23 heavy (non-hydrogen) atoms. The van der Waals surface area contributed by atoms with Gasteiger partial charge in [0.1, 0.15) is 11.6 Å². The number of pyridine rings is 1. The van der Waals surface area contributed by atoms with Crippen LogP contribution in [-0.2, 0) is 19.9 Å². The summed E-state index contributed by atoms with van der Waals surface area (Å²) < 4.78 is 15.4. The highest BCUT2D eigenvalue weighted by atomic mass is 19.1. The third kappa shape index (κ3) is 2.50. The van der Waals surface area contributed by atoms with Gasteiger partial charge >= 0.3 is 0 Å². The first kappa shape index (κ1) is 15.3. The monoisotopic (exact) mass is 315 g/mol. The number of nitrogens with two attached hydrogens (primary N) is 1. The van der Waals surface area contributed by atoms with Crippen LogP contribution in [0, 0.1) is 12.7 Å². The average Bonchev–Trinajstić information content (AvgIpc) is 2.96. The molecule has 1 heterocycles. The molecule has 3 rings (SSSR count). The van der Waals surface area contributed by atoms with Crippen LogP contribution in [-0.4, -0.2) is 10.5 Å². The summed E-state index contributed by atoms with van der Waals surface area (Å²) in [7, 11) is 1.56. The van der Waals surface area contributed by atoms with Crippen molar-refractivity contribution in [2.24, 2.45) is 12.8 Å². The molecule has 0 unspecified atom stereocenters. The Morgan fingerprint density at radius 2 is 2.00 bits per heavy atom. The molecular weight excluding hydrogens is 297 g/mol. The molecule has 1 aliphatic carbocycles. The highest BCUT2D eigenvalue weighted by Gasteiger charge is 2.26. The van der Waals surface area contributed by atoms with Gasteiger partial charge in [-0.3, -0.25) is 14.2 Å². The quantitative estimate of drug-likeness (QED) is 0.911. The largest absolute Gasteiger partial charge is 0.365 e. The molecule has 6 heteroatoms. The maximum absolute atomic E-state index is 14.1. The van der Waals surface area contributed by atoms with Crippen LogP contribution in [0.5, 0.6) is 0 Å². The maximum Gasteiger partial charge on any atom is 0.255 e. The first-order chi connectivity index (χ1) is 10.9. The van der Waals surface area contributed by atoms with E-state index in [9.17, 15) is 14.0 Å². The van der Waals surface area contributed by atoms with Crippen molar-refractivity contribution in [3.63, 3.8) is 0 Å². The number of nitrogens with zero attached hydrogens (tertiary/aromatic N) is 1. The van der Waals surface area contributed by atoms with Gasteiger partial charge in [0.2, 0.25) is 0 Å². The molecule has 0 radical (unpaired) electrons.